The highest BCUT2D eigenvalue weighted by molar-refractivity contribution is 6.11. The first-order valence-electron chi connectivity index (χ1n) is 10.9. The van der Waals surface area contributed by atoms with Gasteiger partial charge in [0.15, 0.2) is 0 Å². The maximum Gasteiger partial charge on any atom is 0.356 e. The zero-order valence-electron chi connectivity index (χ0n) is 19.1. The number of nitrogens with one attached hydrogen (secondary N) is 2. The number of hydrogen-bond donors (Lipinski definition) is 2. The Hall–Kier alpha value is -3.32. The predicted molar refractivity (Wildman–Crippen MR) is 127 cm³/mol. The van der Waals surface area contributed by atoms with Crippen molar-refractivity contribution in [1.29, 1.82) is 0 Å². The van der Waals surface area contributed by atoms with Gasteiger partial charge in [-0.1, -0.05) is 23.8 Å². The van der Waals surface area contributed by atoms with E-state index in [1.54, 1.807) is 0 Å². The number of aromatic nitrogens is 1. The molecular formula is C25H30N4O3. The lowest BCUT2D eigenvalue weighted by molar-refractivity contribution is -0.117. The molecule has 1 atom stereocenters. The maximum absolute atomic E-state index is 12.9. The second kappa shape index (κ2) is 9.04. The van der Waals surface area contributed by atoms with Crippen molar-refractivity contribution in [3.63, 3.8) is 0 Å². The van der Waals surface area contributed by atoms with Gasteiger partial charge in [-0.15, -0.1) is 0 Å². The third kappa shape index (κ3) is 4.48. The Balaban J connectivity index is 1.46. The SMILES string of the molecule is COC(=O)c1[nH]c2ccc(C)cc2c1NC(=O)CN1CCN(c2cccc(C)c2)[C@@H](C)C1. The predicted octanol–water partition coefficient (Wildman–Crippen LogP) is 3.72. The van der Waals surface area contributed by atoms with Crippen LogP contribution in [0.15, 0.2) is 42.5 Å². The number of fused-ring (bicyclic) bond motifs is 1. The molecule has 0 aliphatic carbocycles. The zero-order valence-corrected chi connectivity index (χ0v) is 19.1. The number of amides is 1. The van der Waals surface area contributed by atoms with E-state index in [2.05, 4.69) is 58.2 Å². The average Bonchev–Trinajstić information content (AvgIpc) is 3.10. The molecule has 0 radical (unpaired) electrons. The molecule has 2 N–H and O–H groups in total. The van der Waals surface area contributed by atoms with E-state index in [-0.39, 0.29) is 18.1 Å². The van der Waals surface area contributed by atoms with E-state index in [1.807, 2.05) is 25.1 Å². The van der Waals surface area contributed by atoms with Gasteiger partial charge in [-0.2, -0.15) is 0 Å². The molecule has 1 aliphatic rings. The van der Waals surface area contributed by atoms with Crippen LogP contribution < -0.4 is 10.2 Å². The number of hydrogen-bond acceptors (Lipinski definition) is 5. The van der Waals surface area contributed by atoms with Crippen molar-refractivity contribution in [3.8, 4) is 0 Å². The van der Waals surface area contributed by atoms with Crippen LogP contribution in [0.4, 0.5) is 11.4 Å². The Labute approximate surface area is 188 Å². The molecule has 0 saturated carbocycles. The van der Waals surface area contributed by atoms with Gasteiger partial charge >= 0.3 is 5.97 Å². The molecule has 1 fully saturated rings. The van der Waals surface area contributed by atoms with Crippen LogP contribution in [0.5, 0.6) is 0 Å². The quantitative estimate of drug-likeness (QED) is 0.599. The molecule has 2 aromatic carbocycles. The summed E-state index contributed by atoms with van der Waals surface area (Å²) in [5.74, 6) is -0.650. The van der Waals surface area contributed by atoms with Crippen molar-refractivity contribution in [3.05, 3.63) is 59.3 Å². The lowest BCUT2D eigenvalue weighted by Gasteiger charge is -2.41. The molecule has 1 aromatic heterocycles. The van der Waals surface area contributed by atoms with Crippen molar-refractivity contribution < 1.29 is 14.3 Å². The fraction of sp³-hybridized carbons (Fsp3) is 0.360. The summed E-state index contributed by atoms with van der Waals surface area (Å²) in [6, 6.07) is 14.6. The number of benzene rings is 2. The number of rotatable bonds is 5. The fourth-order valence-corrected chi connectivity index (χ4v) is 4.44. The number of esters is 1. The Morgan fingerprint density at radius 2 is 1.91 bits per heavy atom. The molecule has 0 bridgehead atoms. The van der Waals surface area contributed by atoms with Crippen LogP contribution in [0, 0.1) is 13.8 Å². The van der Waals surface area contributed by atoms with Gasteiger partial charge in [-0.3, -0.25) is 9.69 Å². The number of aromatic amines is 1. The molecule has 4 rings (SSSR count). The minimum Gasteiger partial charge on any atom is -0.464 e. The Kier molecular flexibility index (Phi) is 6.19. The molecule has 1 amide bonds. The van der Waals surface area contributed by atoms with Gasteiger partial charge < -0.3 is 19.9 Å². The summed E-state index contributed by atoms with van der Waals surface area (Å²) >= 11 is 0. The highest BCUT2D eigenvalue weighted by Gasteiger charge is 2.26. The van der Waals surface area contributed by atoms with Crippen molar-refractivity contribution in [2.75, 3.05) is 43.5 Å². The van der Waals surface area contributed by atoms with Gasteiger partial charge in [0.05, 0.1) is 19.3 Å². The number of H-pyrrole nitrogens is 1. The summed E-state index contributed by atoms with van der Waals surface area (Å²) in [6.45, 7) is 8.97. The van der Waals surface area contributed by atoms with Crippen LogP contribution in [0.1, 0.15) is 28.5 Å². The summed E-state index contributed by atoms with van der Waals surface area (Å²) in [7, 11) is 1.33. The molecular weight excluding hydrogens is 404 g/mol. The number of anilines is 2. The van der Waals surface area contributed by atoms with Crippen LogP contribution >= 0.6 is 0 Å². The molecule has 32 heavy (non-hydrogen) atoms. The molecule has 1 saturated heterocycles. The molecule has 3 aromatic rings. The average molecular weight is 435 g/mol. The first-order valence-corrected chi connectivity index (χ1v) is 10.9. The number of aryl methyl sites for hydroxylation is 2. The molecule has 7 nitrogen and oxygen atoms in total. The number of piperazine rings is 1. The standard InChI is InChI=1S/C25H30N4O3/c1-16-6-5-7-19(12-16)29-11-10-28(14-18(29)3)15-22(30)27-23-20-13-17(2)8-9-21(20)26-24(23)25(31)32-4/h5-9,12-13,18,26H,10-11,14-15H2,1-4H3,(H,27,30)/t18-/m0/s1. The van der Waals surface area contributed by atoms with E-state index in [0.29, 0.717) is 11.7 Å². The first kappa shape index (κ1) is 21.9. The molecule has 0 spiro atoms. The van der Waals surface area contributed by atoms with Gasteiger partial charge in [-0.25, -0.2) is 4.79 Å². The summed E-state index contributed by atoms with van der Waals surface area (Å²) in [6.07, 6.45) is 0. The van der Waals surface area contributed by atoms with Gasteiger partial charge in [-0.05, 0) is 50.6 Å². The molecule has 7 heteroatoms. The van der Waals surface area contributed by atoms with Crippen molar-refractivity contribution in [1.82, 2.24) is 9.88 Å². The van der Waals surface area contributed by atoms with Gasteiger partial charge in [0.1, 0.15) is 5.69 Å². The number of carbonyl (C=O) groups excluding carboxylic acids is 2. The third-order valence-corrected chi connectivity index (χ3v) is 6.02. The summed E-state index contributed by atoms with van der Waals surface area (Å²) in [4.78, 5) is 32.8. The first-order chi connectivity index (χ1) is 15.4. The minimum absolute atomic E-state index is 0.145. The lowest BCUT2D eigenvalue weighted by Crippen LogP contribution is -2.53. The van der Waals surface area contributed by atoms with Gasteiger partial charge in [0.2, 0.25) is 5.91 Å². The monoisotopic (exact) mass is 434 g/mol. The largest absolute Gasteiger partial charge is 0.464 e. The van der Waals surface area contributed by atoms with Crippen molar-refractivity contribution >= 4 is 34.2 Å². The van der Waals surface area contributed by atoms with Crippen LogP contribution in [-0.2, 0) is 9.53 Å². The number of carbonyl (C=O) groups is 2. The highest BCUT2D eigenvalue weighted by atomic mass is 16.5. The van der Waals surface area contributed by atoms with E-state index < -0.39 is 5.97 Å². The maximum atomic E-state index is 12.9. The Morgan fingerprint density at radius 1 is 1.12 bits per heavy atom. The Bertz CT molecular complexity index is 1150. The molecule has 2 heterocycles. The van der Waals surface area contributed by atoms with Crippen molar-refractivity contribution in [2.24, 2.45) is 0 Å². The minimum atomic E-state index is -0.505. The van der Waals surface area contributed by atoms with Crippen LogP contribution in [0.3, 0.4) is 0 Å². The van der Waals surface area contributed by atoms with E-state index in [4.69, 9.17) is 4.74 Å². The number of methoxy groups -OCH3 is 1. The highest BCUT2D eigenvalue weighted by Crippen LogP contribution is 2.29. The fourth-order valence-electron chi connectivity index (χ4n) is 4.44. The third-order valence-electron chi connectivity index (χ3n) is 6.02. The number of nitrogens with zero attached hydrogens (tertiary/aromatic N) is 2. The Morgan fingerprint density at radius 3 is 2.62 bits per heavy atom. The van der Waals surface area contributed by atoms with E-state index in [0.717, 1.165) is 36.1 Å². The molecule has 1 aliphatic heterocycles. The second-order valence-electron chi connectivity index (χ2n) is 8.58. The smallest absolute Gasteiger partial charge is 0.356 e. The van der Waals surface area contributed by atoms with Crippen LogP contribution in [0.25, 0.3) is 10.9 Å². The van der Waals surface area contributed by atoms with Gasteiger partial charge in [0.25, 0.3) is 0 Å². The van der Waals surface area contributed by atoms with Crippen LogP contribution in [0.2, 0.25) is 0 Å². The van der Waals surface area contributed by atoms with Gasteiger partial charge in [0, 0.05) is 42.3 Å². The normalized spacial score (nSPS) is 16.9. The van der Waals surface area contributed by atoms with Crippen LogP contribution in [-0.4, -0.2) is 61.1 Å². The molecule has 0 unspecified atom stereocenters. The zero-order chi connectivity index (χ0) is 22.8. The van der Waals surface area contributed by atoms with E-state index in [1.165, 1.54) is 18.4 Å². The molecule has 168 valence electrons. The summed E-state index contributed by atoms with van der Waals surface area (Å²) in [5, 5.41) is 3.76. The lowest BCUT2D eigenvalue weighted by atomic mass is 10.1. The van der Waals surface area contributed by atoms with E-state index in [9.17, 15) is 9.59 Å². The van der Waals surface area contributed by atoms with E-state index >= 15 is 0 Å². The summed E-state index contributed by atoms with van der Waals surface area (Å²) < 4.78 is 4.91. The second-order valence-corrected chi connectivity index (χ2v) is 8.58. The summed E-state index contributed by atoms with van der Waals surface area (Å²) in [5.41, 5.74) is 5.03. The van der Waals surface area contributed by atoms with Crippen molar-refractivity contribution in [2.45, 2.75) is 26.8 Å². The number of ether oxygens (including phenoxy) is 1. The topological polar surface area (TPSA) is 77.7 Å².